The first-order valence-corrected chi connectivity index (χ1v) is 11.2. The van der Waals surface area contributed by atoms with Gasteiger partial charge in [0, 0.05) is 13.0 Å². The average molecular weight is 387 g/mol. The predicted octanol–water partition coefficient (Wildman–Crippen LogP) is 2.46. The van der Waals surface area contributed by atoms with Gasteiger partial charge in [-0.15, -0.1) is 6.42 Å². The highest BCUT2D eigenvalue weighted by Gasteiger charge is 2.47. The van der Waals surface area contributed by atoms with E-state index in [1.54, 1.807) is 0 Å². The zero-order valence-corrected chi connectivity index (χ0v) is 16.3. The Morgan fingerprint density at radius 2 is 2.00 bits per heavy atom. The van der Waals surface area contributed by atoms with Crippen LogP contribution in [-0.2, 0) is 28.8 Å². The summed E-state index contributed by atoms with van der Waals surface area (Å²) in [6, 6.07) is 0. The number of carbonyl (C=O) groups is 1. The molecular weight excluding hydrogens is 356 g/mol. The largest absolute Gasteiger partial charge is 0.469 e. The molecule has 2 rings (SSSR count). The molecule has 7 heteroatoms. The molecule has 26 heavy (non-hydrogen) atoms. The van der Waals surface area contributed by atoms with Gasteiger partial charge in [0.15, 0.2) is 16.1 Å². The lowest BCUT2D eigenvalue weighted by atomic mass is 9.96. The molecule has 2 saturated heterocycles. The maximum absolute atomic E-state index is 12.6. The summed E-state index contributed by atoms with van der Waals surface area (Å²) in [5, 5.41) is -0.540. The van der Waals surface area contributed by atoms with Crippen LogP contribution >= 0.6 is 0 Å². The fourth-order valence-corrected chi connectivity index (χ4v) is 5.92. The lowest BCUT2D eigenvalue weighted by molar-refractivity contribution is -0.188. The van der Waals surface area contributed by atoms with E-state index in [1.165, 1.54) is 7.11 Å². The van der Waals surface area contributed by atoms with E-state index in [9.17, 15) is 13.2 Å². The van der Waals surface area contributed by atoms with Gasteiger partial charge in [0.25, 0.3) is 0 Å². The molecule has 2 fully saturated rings. The van der Waals surface area contributed by atoms with Gasteiger partial charge in [-0.3, -0.25) is 4.79 Å². The molecule has 148 valence electrons. The quantitative estimate of drug-likeness (QED) is 0.344. The Balaban J connectivity index is 1.80. The van der Waals surface area contributed by atoms with Crippen LogP contribution in [0.5, 0.6) is 0 Å². The molecule has 0 aromatic carbocycles. The first-order chi connectivity index (χ1) is 12.5. The van der Waals surface area contributed by atoms with E-state index in [1.807, 2.05) is 0 Å². The Morgan fingerprint density at radius 1 is 1.23 bits per heavy atom. The summed E-state index contributed by atoms with van der Waals surface area (Å²) in [7, 11) is -1.88. The van der Waals surface area contributed by atoms with Crippen molar-refractivity contribution in [3.63, 3.8) is 0 Å². The van der Waals surface area contributed by atoms with Gasteiger partial charge in [0.05, 0.1) is 30.1 Å². The number of ether oxygens (including phenoxy) is 3. The zero-order valence-electron chi connectivity index (χ0n) is 15.5. The molecule has 0 amide bonds. The van der Waals surface area contributed by atoms with Crippen molar-refractivity contribution in [3.05, 3.63) is 0 Å². The van der Waals surface area contributed by atoms with Gasteiger partial charge in [-0.1, -0.05) is 25.2 Å². The van der Waals surface area contributed by atoms with Crippen molar-refractivity contribution in [1.82, 2.24) is 0 Å². The third-order valence-electron chi connectivity index (χ3n) is 5.16. The fraction of sp³-hybridized carbons (Fsp3) is 0.842. The minimum Gasteiger partial charge on any atom is -0.469 e. The van der Waals surface area contributed by atoms with Crippen LogP contribution < -0.4 is 0 Å². The van der Waals surface area contributed by atoms with Crippen LogP contribution in [0.3, 0.4) is 0 Å². The number of unbranched alkanes of at least 4 members (excludes halogenated alkanes) is 3. The highest BCUT2D eigenvalue weighted by atomic mass is 32.2. The predicted molar refractivity (Wildman–Crippen MR) is 98.1 cm³/mol. The Labute approximate surface area is 156 Å². The molecule has 1 unspecified atom stereocenters. The monoisotopic (exact) mass is 386 g/mol. The van der Waals surface area contributed by atoms with Crippen LogP contribution in [-0.4, -0.2) is 51.5 Å². The lowest BCUT2D eigenvalue weighted by Gasteiger charge is -2.27. The maximum atomic E-state index is 12.6. The molecule has 0 radical (unpaired) electrons. The zero-order chi connectivity index (χ0) is 19.0. The molecule has 0 saturated carbocycles. The smallest absolute Gasteiger partial charge is 0.305 e. The number of hydrogen-bond acceptors (Lipinski definition) is 6. The van der Waals surface area contributed by atoms with Gasteiger partial charge >= 0.3 is 5.97 Å². The maximum Gasteiger partial charge on any atom is 0.305 e. The van der Waals surface area contributed by atoms with Gasteiger partial charge in [-0.25, -0.2) is 8.42 Å². The van der Waals surface area contributed by atoms with Gasteiger partial charge in [0.1, 0.15) is 0 Å². The van der Waals surface area contributed by atoms with Crippen molar-refractivity contribution >= 4 is 15.8 Å². The van der Waals surface area contributed by atoms with Crippen molar-refractivity contribution < 1.29 is 27.4 Å². The third kappa shape index (κ3) is 5.97. The van der Waals surface area contributed by atoms with Crippen molar-refractivity contribution in [3.8, 4) is 12.3 Å². The van der Waals surface area contributed by atoms with Crippen molar-refractivity contribution in [2.24, 2.45) is 5.92 Å². The van der Waals surface area contributed by atoms with E-state index in [0.29, 0.717) is 19.4 Å². The minimum absolute atomic E-state index is 0.0191. The Kier molecular flexibility index (Phi) is 8.39. The van der Waals surface area contributed by atoms with E-state index in [4.69, 9.17) is 15.9 Å². The molecule has 0 N–H and O–H groups in total. The normalized spacial score (nSPS) is 30.6. The third-order valence-corrected chi connectivity index (χ3v) is 7.41. The number of methoxy groups -OCH3 is 1. The average Bonchev–Trinajstić information content (AvgIpc) is 2.87. The minimum atomic E-state index is -3.26. The van der Waals surface area contributed by atoms with Crippen LogP contribution in [0.2, 0.25) is 0 Å². The molecule has 4 atom stereocenters. The summed E-state index contributed by atoms with van der Waals surface area (Å²) in [6.45, 7) is 0.653. The van der Waals surface area contributed by atoms with Gasteiger partial charge in [0.2, 0.25) is 0 Å². The molecule has 6 nitrogen and oxygen atoms in total. The summed E-state index contributed by atoms with van der Waals surface area (Å²) in [6.07, 6.45) is 11.9. The number of sulfone groups is 1. The molecule has 2 heterocycles. The van der Waals surface area contributed by atoms with Crippen LogP contribution in [0, 0.1) is 18.3 Å². The number of carbonyl (C=O) groups excluding carboxylic acids is 1. The highest BCUT2D eigenvalue weighted by molar-refractivity contribution is 7.92. The number of rotatable bonds is 9. The van der Waals surface area contributed by atoms with Crippen molar-refractivity contribution in [2.75, 3.05) is 19.5 Å². The number of terminal acetylenes is 1. The second-order valence-electron chi connectivity index (χ2n) is 7.06. The Bertz CT molecular complexity index is 588. The van der Waals surface area contributed by atoms with Gasteiger partial charge in [-0.05, 0) is 32.1 Å². The van der Waals surface area contributed by atoms with E-state index < -0.39 is 27.1 Å². The summed E-state index contributed by atoms with van der Waals surface area (Å²) in [5.41, 5.74) is 0. The van der Waals surface area contributed by atoms with Crippen LogP contribution in [0.25, 0.3) is 0 Å². The first kappa shape index (κ1) is 21.2. The summed E-state index contributed by atoms with van der Waals surface area (Å²) in [4.78, 5) is 11.1. The van der Waals surface area contributed by atoms with Crippen LogP contribution in [0.15, 0.2) is 0 Å². The molecule has 0 bridgehead atoms. The van der Waals surface area contributed by atoms with E-state index in [0.717, 1.165) is 44.9 Å². The molecule has 2 aliphatic heterocycles. The van der Waals surface area contributed by atoms with E-state index in [2.05, 4.69) is 10.7 Å². The Morgan fingerprint density at radius 3 is 2.65 bits per heavy atom. The molecule has 0 aliphatic carbocycles. The van der Waals surface area contributed by atoms with E-state index >= 15 is 0 Å². The number of hydrogen-bond donors (Lipinski definition) is 0. The SMILES string of the molecule is C#C[C@@H]1[C@@H](OC2CCCCO2)CS(=O)(=O)[C@H]1CCCCCCC(=O)OC. The Hall–Kier alpha value is -1.10. The molecule has 2 aliphatic rings. The van der Waals surface area contributed by atoms with E-state index in [-0.39, 0.29) is 18.0 Å². The standard InChI is InChI=1S/C19H30O6S/c1-3-15-16(25-19-12-8-9-13-24-19)14-26(21,22)17(15)10-6-4-5-7-11-18(20)23-2/h1,15-17,19H,4-14H2,2H3/t15-,16+,17+,19?/m1/s1. The molecular formula is C19H30O6S. The lowest BCUT2D eigenvalue weighted by Crippen LogP contribution is -2.33. The van der Waals surface area contributed by atoms with Crippen LogP contribution in [0.1, 0.15) is 57.8 Å². The van der Waals surface area contributed by atoms with Gasteiger partial charge in [-0.2, -0.15) is 0 Å². The molecule has 0 aromatic heterocycles. The molecule has 0 aromatic rings. The van der Waals surface area contributed by atoms with Crippen molar-refractivity contribution in [2.45, 2.75) is 75.4 Å². The summed E-state index contributed by atoms with van der Waals surface area (Å²) < 4.78 is 41.2. The van der Waals surface area contributed by atoms with Gasteiger partial charge < -0.3 is 14.2 Å². The number of esters is 1. The first-order valence-electron chi connectivity index (χ1n) is 9.49. The second-order valence-corrected chi connectivity index (χ2v) is 9.32. The topological polar surface area (TPSA) is 78.9 Å². The van der Waals surface area contributed by atoms with Crippen molar-refractivity contribution in [1.29, 1.82) is 0 Å². The fourth-order valence-electron chi connectivity index (χ4n) is 3.70. The molecule has 0 spiro atoms. The summed E-state index contributed by atoms with van der Waals surface area (Å²) >= 11 is 0. The second kappa shape index (κ2) is 10.3. The van der Waals surface area contributed by atoms with Crippen LogP contribution in [0.4, 0.5) is 0 Å². The highest BCUT2D eigenvalue weighted by Crippen LogP contribution is 2.34. The summed E-state index contributed by atoms with van der Waals surface area (Å²) in [5.74, 6) is 2.02.